The first kappa shape index (κ1) is 17.9. The molecule has 0 bridgehead atoms. The van der Waals surface area contributed by atoms with Crippen molar-refractivity contribution < 1.29 is 17.5 Å². The van der Waals surface area contributed by atoms with Crippen LogP contribution < -0.4 is 4.18 Å². The summed E-state index contributed by atoms with van der Waals surface area (Å²) in [6.07, 6.45) is 1.67. The number of aromatic amines is 1. The van der Waals surface area contributed by atoms with Crippen molar-refractivity contribution >= 4 is 27.6 Å². The fourth-order valence-electron chi connectivity index (χ4n) is 2.02. The van der Waals surface area contributed by atoms with E-state index in [0.29, 0.717) is 11.4 Å². The Bertz CT molecular complexity index is 1020. The van der Waals surface area contributed by atoms with Crippen LogP contribution in [0.15, 0.2) is 64.6 Å². The van der Waals surface area contributed by atoms with Crippen LogP contribution in [0.1, 0.15) is 5.69 Å². The maximum atomic E-state index is 12.3. The SMILES string of the molecule is O=[N+]([O-])c1ccccc1S(=O)(=O)Oc1cc(CSc2ccccn2)[nH]n1. The molecule has 0 radical (unpaired) electrons. The molecule has 0 aliphatic heterocycles. The summed E-state index contributed by atoms with van der Waals surface area (Å²) in [5, 5.41) is 18.3. The normalized spacial score (nSPS) is 11.2. The number of hydrogen-bond acceptors (Lipinski definition) is 8. The summed E-state index contributed by atoms with van der Waals surface area (Å²) in [5.74, 6) is 0.276. The maximum absolute atomic E-state index is 12.3. The summed E-state index contributed by atoms with van der Waals surface area (Å²) in [4.78, 5) is 13.9. The second kappa shape index (κ2) is 7.54. The number of H-pyrrole nitrogens is 1. The van der Waals surface area contributed by atoms with E-state index < -0.39 is 25.6 Å². The number of para-hydroxylation sites is 1. The van der Waals surface area contributed by atoms with E-state index in [-0.39, 0.29) is 5.88 Å². The van der Waals surface area contributed by atoms with Crippen LogP contribution in [-0.2, 0) is 15.9 Å². The lowest BCUT2D eigenvalue weighted by atomic mass is 10.3. The van der Waals surface area contributed by atoms with Crippen molar-refractivity contribution in [3.8, 4) is 5.88 Å². The van der Waals surface area contributed by atoms with Gasteiger partial charge in [-0.15, -0.1) is 16.9 Å². The van der Waals surface area contributed by atoms with Gasteiger partial charge in [0.2, 0.25) is 0 Å². The van der Waals surface area contributed by atoms with Gasteiger partial charge in [0.05, 0.1) is 9.95 Å². The number of nitro benzene ring substituents is 1. The lowest BCUT2D eigenvalue weighted by Gasteiger charge is -2.04. The summed E-state index contributed by atoms with van der Waals surface area (Å²) in [5.41, 5.74) is 0.0578. The molecule has 1 aromatic carbocycles. The standard InChI is InChI=1S/C15H12N4O5S2/c20-19(21)12-5-1-2-6-13(12)26(22,23)24-14-9-11(17-18-14)10-25-15-7-3-4-8-16-15/h1-9H,10H2,(H,17,18). The fourth-order valence-corrected chi connectivity index (χ4v) is 3.82. The van der Waals surface area contributed by atoms with E-state index in [2.05, 4.69) is 15.2 Å². The van der Waals surface area contributed by atoms with Crippen molar-refractivity contribution in [3.63, 3.8) is 0 Å². The quantitative estimate of drug-likeness (QED) is 0.281. The molecule has 0 amide bonds. The summed E-state index contributed by atoms with van der Waals surface area (Å²) in [7, 11) is -4.39. The molecule has 2 aromatic heterocycles. The Hall–Kier alpha value is -2.92. The third-order valence-electron chi connectivity index (χ3n) is 3.15. The van der Waals surface area contributed by atoms with Crippen LogP contribution in [0.2, 0.25) is 0 Å². The van der Waals surface area contributed by atoms with E-state index in [4.69, 9.17) is 4.18 Å². The van der Waals surface area contributed by atoms with Crippen LogP contribution in [0.25, 0.3) is 0 Å². The number of aromatic nitrogens is 3. The van der Waals surface area contributed by atoms with Crippen LogP contribution in [0.4, 0.5) is 5.69 Å². The lowest BCUT2D eigenvalue weighted by molar-refractivity contribution is -0.387. The smallest absolute Gasteiger partial charge is 0.347 e. The molecule has 1 N–H and O–H groups in total. The summed E-state index contributed by atoms with van der Waals surface area (Å²) in [6, 6.07) is 11.9. The molecular weight excluding hydrogens is 380 g/mol. The summed E-state index contributed by atoms with van der Waals surface area (Å²) >= 11 is 1.43. The minimum Gasteiger partial charge on any atom is -0.356 e. The largest absolute Gasteiger partial charge is 0.356 e. The van der Waals surface area contributed by atoms with E-state index in [1.165, 1.54) is 30.0 Å². The Morgan fingerprint density at radius 3 is 2.69 bits per heavy atom. The fraction of sp³-hybridized carbons (Fsp3) is 0.0667. The van der Waals surface area contributed by atoms with Crippen molar-refractivity contribution in [3.05, 3.63) is 70.5 Å². The molecule has 0 aliphatic carbocycles. The summed E-state index contributed by atoms with van der Waals surface area (Å²) < 4.78 is 29.6. The first-order valence-electron chi connectivity index (χ1n) is 7.22. The molecule has 3 aromatic rings. The van der Waals surface area contributed by atoms with E-state index in [1.54, 1.807) is 12.3 Å². The van der Waals surface area contributed by atoms with Gasteiger partial charge in [-0.1, -0.05) is 18.2 Å². The number of benzene rings is 1. The van der Waals surface area contributed by atoms with Crippen LogP contribution in [0, 0.1) is 10.1 Å². The summed E-state index contributed by atoms with van der Waals surface area (Å²) in [6.45, 7) is 0. The topological polar surface area (TPSA) is 128 Å². The van der Waals surface area contributed by atoms with Gasteiger partial charge in [-0.2, -0.15) is 8.42 Å². The molecule has 3 rings (SSSR count). The zero-order chi connectivity index (χ0) is 18.6. The van der Waals surface area contributed by atoms with E-state index in [0.717, 1.165) is 17.2 Å². The monoisotopic (exact) mass is 392 g/mol. The molecule has 26 heavy (non-hydrogen) atoms. The Labute approximate surface area is 152 Å². The van der Waals surface area contributed by atoms with E-state index in [9.17, 15) is 18.5 Å². The maximum Gasteiger partial charge on any atom is 0.347 e. The predicted octanol–water partition coefficient (Wildman–Crippen LogP) is 2.77. The molecule has 0 spiro atoms. The van der Waals surface area contributed by atoms with Crippen molar-refractivity contribution in [1.29, 1.82) is 0 Å². The van der Waals surface area contributed by atoms with Gasteiger partial charge < -0.3 is 4.18 Å². The minimum atomic E-state index is -4.39. The second-order valence-corrected chi connectivity index (χ2v) is 7.46. The van der Waals surface area contributed by atoms with Crippen LogP contribution in [0.3, 0.4) is 0 Å². The van der Waals surface area contributed by atoms with E-state index >= 15 is 0 Å². The molecule has 0 saturated heterocycles. The molecule has 0 saturated carbocycles. The average Bonchev–Trinajstić information content (AvgIpc) is 3.07. The van der Waals surface area contributed by atoms with Gasteiger partial charge in [0.25, 0.3) is 11.6 Å². The molecule has 0 unspecified atom stereocenters. The molecule has 134 valence electrons. The number of nitro groups is 1. The first-order valence-corrected chi connectivity index (χ1v) is 9.61. The molecule has 2 heterocycles. The highest BCUT2D eigenvalue weighted by molar-refractivity contribution is 7.98. The second-order valence-electron chi connectivity index (χ2n) is 4.95. The van der Waals surface area contributed by atoms with Gasteiger partial charge in [-0.05, 0) is 18.2 Å². The minimum absolute atomic E-state index is 0.195. The molecule has 0 aliphatic rings. The number of thioether (sulfide) groups is 1. The highest BCUT2D eigenvalue weighted by atomic mass is 32.2. The Morgan fingerprint density at radius 2 is 1.96 bits per heavy atom. The van der Waals surface area contributed by atoms with Gasteiger partial charge in [0, 0.05) is 29.8 Å². The van der Waals surface area contributed by atoms with Crippen molar-refractivity contribution in [2.75, 3.05) is 0 Å². The number of rotatable bonds is 7. The molecular formula is C15H12N4O5S2. The van der Waals surface area contributed by atoms with Gasteiger partial charge in [0.1, 0.15) is 0 Å². The van der Waals surface area contributed by atoms with E-state index in [1.807, 2.05) is 12.1 Å². The number of hydrogen-bond donors (Lipinski definition) is 1. The molecule has 9 nitrogen and oxygen atoms in total. The first-order chi connectivity index (χ1) is 12.5. The highest BCUT2D eigenvalue weighted by Gasteiger charge is 2.27. The van der Waals surface area contributed by atoms with Crippen LogP contribution in [0.5, 0.6) is 5.88 Å². The number of pyridine rings is 1. The van der Waals surface area contributed by atoms with Crippen LogP contribution >= 0.6 is 11.8 Å². The van der Waals surface area contributed by atoms with Crippen molar-refractivity contribution in [2.24, 2.45) is 0 Å². The third kappa shape index (κ3) is 4.18. The van der Waals surface area contributed by atoms with Gasteiger partial charge in [-0.25, -0.2) is 4.98 Å². The molecule has 0 fully saturated rings. The van der Waals surface area contributed by atoms with Gasteiger partial charge >= 0.3 is 10.1 Å². The van der Waals surface area contributed by atoms with Crippen molar-refractivity contribution in [2.45, 2.75) is 15.7 Å². The highest BCUT2D eigenvalue weighted by Crippen LogP contribution is 2.27. The zero-order valence-corrected chi connectivity index (χ0v) is 14.7. The van der Waals surface area contributed by atoms with Gasteiger partial charge in [0.15, 0.2) is 4.90 Å². The number of nitrogens with one attached hydrogen (secondary N) is 1. The molecule has 11 heteroatoms. The average molecular weight is 392 g/mol. The Balaban J connectivity index is 1.73. The van der Waals surface area contributed by atoms with Crippen molar-refractivity contribution in [1.82, 2.24) is 15.2 Å². The zero-order valence-electron chi connectivity index (χ0n) is 13.1. The number of nitrogens with zero attached hydrogens (tertiary/aromatic N) is 3. The third-order valence-corrected chi connectivity index (χ3v) is 5.41. The van der Waals surface area contributed by atoms with Gasteiger partial charge in [-0.3, -0.25) is 15.2 Å². The van der Waals surface area contributed by atoms with Crippen LogP contribution in [-0.4, -0.2) is 28.5 Å². The Morgan fingerprint density at radius 1 is 1.19 bits per heavy atom. The predicted molar refractivity (Wildman–Crippen MR) is 93.3 cm³/mol. The Kier molecular flexibility index (Phi) is 5.19. The lowest BCUT2D eigenvalue weighted by Crippen LogP contribution is -2.12. The molecule has 0 atom stereocenters.